The van der Waals surface area contributed by atoms with E-state index >= 15 is 0 Å². The normalized spacial score (nSPS) is 17.1. The van der Waals surface area contributed by atoms with Crippen molar-refractivity contribution in [2.75, 3.05) is 0 Å². The molecule has 0 heterocycles. The van der Waals surface area contributed by atoms with Gasteiger partial charge in [-0.3, -0.25) is 0 Å². The van der Waals surface area contributed by atoms with E-state index in [9.17, 15) is 0 Å². The second-order valence-corrected chi connectivity index (χ2v) is 11.4. The highest BCUT2D eigenvalue weighted by atomic mass is 14.3. The first-order valence-electron chi connectivity index (χ1n) is 15.7. The van der Waals surface area contributed by atoms with Crippen LogP contribution in [0.5, 0.6) is 0 Å². The second kappa shape index (κ2) is 16.0. The van der Waals surface area contributed by atoms with Crippen molar-refractivity contribution in [3.63, 3.8) is 0 Å². The van der Waals surface area contributed by atoms with Crippen LogP contribution in [0.1, 0.15) is 99.5 Å². The Balaban J connectivity index is 1.52. The van der Waals surface area contributed by atoms with Gasteiger partial charge in [0.15, 0.2) is 0 Å². The Kier molecular flexibility index (Phi) is 11.9. The average molecular weight is 529 g/mol. The van der Waals surface area contributed by atoms with E-state index in [1.54, 1.807) is 0 Å². The second-order valence-electron chi connectivity index (χ2n) is 11.4. The van der Waals surface area contributed by atoms with Crippen molar-refractivity contribution in [3.05, 3.63) is 143 Å². The molecule has 0 bridgehead atoms. The summed E-state index contributed by atoms with van der Waals surface area (Å²) < 4.78 is 0. The molecule has 3 aromatic carbocycles. The summed E-state index contributed by atoms with van der Waals surface area (Å²) in [4.78, 5) is 0. The Morgan fingerprint density at radius 1 is 0.600 bits per heavy atom. The van der Waals surface area contributed by atoms with Gasteiger partial charge in [0, 0.05) is 5.41 Å². The summed E-state index contributed by atoms with van der Waals surface area (Å²) in [6.45, 7) is 4.55. The van der Waals surface area contributed by atoms with Crippen LogP contribution in [0.4, 0.5) is 0 Å². The molecule has 0 fully saturated rings. The zero-order valence-corrected chi connectivity index (χ0v) is 24.8. The molecule has 0 radical (unpaired) electrons. The van der Waals surface area contributed by atoms with E-state index in [2.05, 4.69) is 135 Å². The van der Waals surface area contributed by atoms with Crippen molar-refractivity contribution in [2.24, 2.45) is 0 Å². The van der Waals surface area contributed by atoms with E-state index in [0.29, 0.717) is 0 Å². The van der Waals surface area contributed by atoms with Crippen molar-refractivity contribution in [1.29, 1.82) is 0 Å². The topological polar surface area (TPSA) is 0 Å². The molecule has 0 spiro atoms. The minimum absolute atomic E-state index is 0.190. The van der Waals surface area contributed by atoms with Crippen LogP contribution in [0.2, 0.25) is 0 Å². The van der Waals surface area contributed by atoms with Gasteiger partial charge in [0.2, 0.25) is 0 Å². The van der Waals surface area contributed by atoms with Crippen molar-refractivity contribution in [2.45, 2.75) is 89.9 Å². The number of hydrogen-bond acceptors (Lipinski definition) is 0. The third kappa shape index (κ3) is 8.56. The van der Waals surface area contributed by atoms with Crippen molar-refractivity contribution >= 4 is 12.2 Å². The van der Waals surface area contributed by atoms with Gasteiger partial charge in [0.05, 0.1) is 0 Å². The minimum atomic E-state index is -0.190. The lowest BCUT2D eigenvalue weighted by atomic mass is 9.69. The maximum atomic E-state index is 2.43. The van der Waals surface area contributed by atoms with Crippen LogP contribution in [-0.4, -0.2) is 0 Å². The van der Waals surface area contributed by atoms with Gasteiger partial charge >= 0.3 is 0 Å². The molecular formula is C40H48. The zero-order chi connectivity index (χ0) is 27.9. The lowest BCUT2D eigenvalue weighted by molar-refractivity contribution is 0.649. The van der Waals surface area contributed by atoms with Crippen LogP contribution in [0.3, 0.4) is 0 Å². The SMILES string of the molecule is CCCCCCc1ccc(C=CC2=CC=CCC2(C=Cc2ccc(CCCCCC)cc2)c2ccccc2)cc1. The zero-order valence-electron chi connectivity index (χ0n) is 24.8. The summed E-state index contributed by atoms with van der Waals surface area (Å²) in [7, 11) is 0. The van der Waals surface area contributed by atoms with E-state index < -0.39 is 0 Å². The van der Waals surface area contributed by atoms with E-state index in [4.69, 9.17) is 0 Å². The molecule has 4 rings (SSSR count). The standard InChI is InChI=1S/C40H48/c1-3-5-7-10-16-34-21-25-36(26-22-34)29-30-39-20-14-15-32-40(39,38-18-12-9-13-19-38)33-31-37-27-23-35(24-28-37)17-11-8-6-4-2/h9,12-15,18-31,33H,3-8,10-11,16-17,32H2,1-2H3. The maximum absolute atomic E-state index is 2.43. The Hall–Kier alpha value is -3.38. The summed E-state index contributed by atoms with van der Waals surface area (Å²) in [5, 5.41) is 0. The molecule has 0 aliphatic heterocycles. The highest BCUT2D eigenvalue weighted by Gasteiger charge is 2.32. The van der Waals surface area contributed by atoms with E-state index in [0.717, 1.165) is 6.42 Å². The summed E-state index contributed by atoms with van der Waals surface area (Å²) in [6, 6.07) is 29.3. The molecule has 40 heavy (non-hydrogen) atoms. The summed E-state index contributed by atoms with van der Waals surface area (Å²) in [6.07, 6.45) is 30.0. The molecule has 0 saturated carbocycles. The molecule has 0 nitrogen and oxygen atoms in total. The first-order valence-corrected chi connectivity index (χ1v) is 15.7. The van der Waals surface area contributed by atoms with E-state index in [1.807, 2.05) is 0 Å². The monoisotopic (exact) mass is 528 g/mol. The molecule has 0 aromatic heterocycles. The predicted octanol–water partition coefficient (Wildman–Crippen LogP) is 11.5. The fourth-order valence-corrected chi connectivity index (χ4v) is 5.70. The highest BCUT2D eigenvalue weighted by molar-refractivity contribution is 5.63. The Bertz CT molecular complexity index is 1250. The molecule has 208 valence electrons. The largest absolute Gasteiger partial charge is 0.0830 e. The Labute approximate surface area is 244 Å². The molecule has 1 aliphatic carbocycles. The molecule has 0 N–H and O–H groups in total. The van der Waals surface area contributed by atoms with Gasteiger partial charge in [-0.2, -0.15) is 0 Å². The number of aryl methyl sites for hydroxylation is 2. The molecule has 0 amide bonds. The van der Waals surface area contributed by atoms with Gasteiger partial charge < -0.3 is 0 Å². The van der Waals surface area contributed by atoms with Gasteiger partial charge in [-0.15, -0.1) is 0 Å². The van der Waals surface area contributed by atoms with Gasteiger partial charge in [-0.25, -0.2) is 0 Å². The molecule has 1 unspecified atom stereocenters. The average Bonchev–Trinajstić information content (AvgIpc) is 3.01. The van der Waals surface area contributed by atoms with Crippen LogP contribution in [0, 0.1) is 0 Å². The third-order valence-corrected chi connectivity index (χ3v) is 8.27. The fourth-order valence-electron chi connectivity index (χ4n) is 5.70. The molecular weight excluding hydrogens is 480 g/mol. The molecule has 0 heteroatoms. The molecule has 3 aromatic rings. The lowest BCUT2D eigenvalue weighted by Gasteiger charge is -2.34. The van der Waals surface area contributed by atoms with Crippen LogP contribution in [0.25, 0.3) is 12.2 Å². The number of hydrogen-bond donors (Lipinski definition) is 0. The van der Waals surface area contributed by atoms with Gasteiger partial charge in [0.1, 0.15) is 0 Å². The van der Waals surface area contributed by atoms with Crippen LogP contribution >= 0.6 is 0 Å². The highest BCUT2D eigenvalue weighted by Crippen LogP contribution is 2.41. The van der Waals surface area contributed by atoms with Gasteiger partial charge in [0.25, 0.3) is 0 Å². The summed E-state index contributed by atoms with van der Waals surface area (Å²) >= 11 is 0. The number of unbranched alkanes of at least 4 members (excludes halogenated alkanes) is 6. The van der Waals surface area contributed by atoms with E-state index in [-0.39, 0.29) is 5.41 Å². The molecule has 1 atom stereocenters. The number of allylic oxidation sites excluding steroid dienone is 6. The first-order chi connectivity index (χ1) is 19.7. The first kappa shape index (κ1) is 29.6. The quantitative estimate of drug-likeness (QED) is 0.172. The maximum Gasteiger partial charge on any atom is 0.0419 e. The summed E-state index contributed by atoms with van der Waals surface area (Å²) in [5.74, 6) is 0. The number of rotatable bonds is 15. The Morgan fingerprint density at radius 3 is 1.75 bits per heavy atom. The molecule has 0 saturated heterocycles. The van der Waals surface area contributed by atoms with Crippen molar-refractivity contribution < 1.29 is 0 Å². The van der Waals surface area contributed by atoms with Crippen LogP contribution < -0.4 is 0 Å². The van der Waals surface area contributed by atoms with Gasteiger partial charge in [-0.1, -0.05) is 174 Å². The molecule has 1 aliphatic rings. The van der Waals surface area contributed by atoms with E-state index in [1.165, 1.54) is 97.6 Å². The van der Waals surface area contributed by atoms with Gasteiger partial charge in [-0.05, 0) is 65.5 Å². The predicted molar refractivity (Wildman–Crippen MR) is 177 cm³/mol. The third-order valence-electron chi connectivity index (χ3n) is 8.27. The smallest absolute Gasteiger partial charge is 0.0419 e. The lowest BCUT2D eigenvalue weighted by Crippen LogP contribution is -2.26. The fraction of sp³-hybridized carbons (Fsp3) is 0.350. The number of benzene rings is 3. The van der Waals surface area contributed by atoms with Crippen molar-refractivity contribution in [3.8, 4) is 0 Å². The minimum Gasteiger partial charge on any atom is -0.0830 e. The summed E-state index contributed by atoms with van der Waals surface area (Å²) in [5.41, 5.74) is 7.89. The van der Waals surface area contributed by atoms with Crippen molar-refractivity contribution in [1.82, 2.24) is 0 Å². The Morgan fingerprint density at radius 2 is 1.18 bits per heavy atom. The van der Waals surface area contributed by atoms with Crippen LogP contribution in [0.15, 0.2) is 115 Å². The van der Waals surface area contributed by atoms with Crippen LogP contribution in [-0.2, 0) is 18.3 Å².